The van der Waals surface area contributed by atoms with Crippen LogP contribution in [0.15, 0.2) is 109 Å². The number of nitrogens with zero attached hydrogens (tertiary/aromatic N) is 8. The van der Waals surface area contributed by atoms with Crippen LogP contribution in [0.4, 0.5) is 44.2 Å². The molecule has 18 nitrogen and oxygen atoms in total. The van der Waals surface area contributed by atoms with Gasteiger partial charge in [-0.05, 0) is 185 Å². The van der Waals surface area contributed by atoms with Crippen LogP contribution < -0.4 is 44.9 Å². The number of aliphatic carboxylic acids is 1. The number of nitrogens with one attached hydrogen (secondary N) is 1. The number of halogens is 11. The fourth-order valence-electron chi connectivity index (χ4n) is 9.02. The first-order valence-electron chi connectivity index (χ1n) is 28.6. The number of hydrogen-bond donors (Lipinski definition) is 3. The number of carboxylic acids is 1. The van der Waals surface area contributed by atoms with Crippen molar-refractivity contribution in [1.82, 2.24) is 37.9 Å². The fraction of sp³-hybridized carbons (Fsp3) is 0.375. The van der Waals surface area contributed by atoms with E-state index >= 15 is 0 Å². The summed E-state index contributed by atoms with van der Waals surface area (Å²) in [6.07, 6.45) is -5.16. The Morgan fingerprint density at radius 2 is 0.887 bits per heavy atom. The molecule has 524 valence electrons. The molecule has 5 aromatic carbocycles. The molecule has 97 heavy (non-hydrogen) atoms. The molecule has 0 atom stereocenters. The van der Waals surface area contributed by atoms with E-state index in [-0.39, 0.29) is 41.2 Å². The van der Waals surface area contributed by atoms with Gasteiger partial charge in [-0.3, -0.25) is 14.5 Å². The number of esters is 1. The molecule has 0 spiro atoms. The molecule has 0 unspecified atom stereocenters. The maximum atomic E-state index is 12.8. The quantitative estimate of drug-likeness (QED) is 0.0164. The van der Waals surface area contributed by atoms with E-state index in [1.54, 1.807) is 33.8 Å². The largest absolute Gasteiger partial charge is 1.00 e. The maximum Gasteiger partial charge on any atom is 1.00 e. The number of hydrogen-bond acceptors (Lipinski definition) is 19. The Hall–Kier alpha value is -6.58. The Kier molecular flexibility index (Phi) is 35.6. The zero-order chi connectivity index (χ0) is 69.6. The van der Waals surface area contributed by atoms with E-state index in [0.29, 0.717) is 70.7 Å². The summed E-state index contributed by atoms with van der Waals surface area (Å²) in [5, 5.41) is 19.3. The van der Waals surface area contributed by atoms with Gasteiger partial charge in [0.15, 0.2) is 28.7 Å². The van der Waals surface area contributed by atoms with Crippen molar-refractivity contribution in [3.63, 3.8) is 0 Å². The Labute approximate surface area is 599 Å². The van der Waals surface area contributed by atoms with E-state index in [1.807, 2.05) is 30.3 Å². The van der Waals surface area contributed by atoms with Crippen LogP contribution >= 0.6 is 50.5 Å². The monoisotopic (exact) mass is 1500 g/mol. The van der Waals surface area contributed by atoms with Gasteiger partial charge in [-0.15, -0.1) is 12.3 Å². The summed E-state index contributed by atoms with van der Waals surface area (Å²) in [4.78, 5) is 41.3. The normalized spacial score (nSPS) is 13.0. The smallest absolute Gasteiger partial charge is 1.00 e. The third-order valence-electron chi connectivity index (χ3n) is 13.8. The minimum absolute atomic E-state index is 0. The zero-order valence-electron chi connectivity index (χ0n) is 54.9. The van der Waals surface area contributed by atoms with Gasteiger partial charge in [-0.2, -0.15) is 52.6 Å². The summed E-state index contributed by atoms with van der Waals surface area (Å²) in [5.74, 6) is 12.3. The van der Waals surface area contributed by atoms with Gasteiger partial charge in [0.1, 0.15) is 26.5 Å². The first-order chi connectivity index (χ1) is 44.5. The van der Waals surface area contributed by atoms with Gasteiger partial charge in [0.25, 0.3) is 0 Å². The van der Waals surface area contributed by atoms with Crippen LogP contribution in [0.25, 0.3) is 40.0 Å². The minimum Gasteiger partial charge on any atom is -1.00 e. The predicted molar refractivity (Wildman–Crippen MR) is 352 cm³/mol. The summed E-state index contributed by atoms with van der Waals surface area (Å²) in [6, 6.07) is 26.2. The topological polar surface area (TPSA) is 266 Å². The number of aromatic nitrogens is 6. The molecule has 3 aromatic heterocycles. The molecule has 0 radical (unpaired) electrons. The number of carbonyl (C=O) groups excluding carboxylic acids is 1. The summed E-state index contributed by atoms with van der Waals surface area (Å²) in [7, 11) is 1.00. The van der Waals surface area contributed by atoms with Crippen molar-refractivity contribution in [3.05, 3.63) is 169 Å². The van der Waals surface area contributed by atoms with E-state index in [4.69, 9.17) is 25.2 Å². The number of rotatable bonds is 15. The second-order valence-corrected chi connectivity index (χ2v) is 24.4. The van der Waals surface area contributed by atoms with Gasteiger partial charge in [-0.25, -0.2) is 24.5 Å². The van der Waals surface area contributed by atoms with Crippen LogP contribution in [-0.2, 0) is 77.0 Å². The molecule has 0 amide bonds. The van der Waals surface area contributed by atoms with Gasteiger partial charge < -0.3 is 43.0 Å². The van der Waals surface area contributed by atoms with Crippen molar-refractivity contribution < 1.29 is 115 Å². The summed E-state index contributed by atoms with van der Waals surface area (Å²) >= 11 is 6.98. The second-order valence-electron chi connectivity index (χ2n) is 21.3. The van der Waals surface area contributed by atoms with Crippen LogP contribution in [0.3, 0.4) is 0 Å². The van der Waals surface area contributed by atoms with Crippen molar-refractivity contribution in [1.29, 1.82) is 0 Å². The van der Waals surface area contributed by atoms with Crippen LogP contribution in [0.1, 0.15) is 96.9 Å². The molecule has 0 saturated carbocycles. The zero-order valence-corrected chi connectivity index (χ0v) is 59.9. The first kappa shape index (κ1) is 86.5. The molecular weight excluding hydrogens is 1430 g/mol. The van der Waals surface area contributed by atoms with Crippen molar-refractivity contribution >= 4 is 62.5 Å². The van der Waals surface area contributed by atoms with Crippen LogP contribution in [0.2, 0.25) is 0 Å². The molecule has 0 saturated heterocycles. The number of carbonyl (C=O) groups is 2. The molecule has 0 fully saturated rings. The SMILES string of the molecule is C#CC.CC(C)(Oc1ccc2c(c1)CCN(Cc1nc(-c3ccc(C(F)(F)F)cc3)ns1)CC2)C(=O)O.CCOC(=O)C(C)(C)Oc1ccc2c(c1)CCN(Cc1nc(-c3ccc(C(F)(F)F)cc3)ns1)CC2.CO.F.FC(F)(F)c1ccc(-c2nsc(CBr)n2)cc1.[3H-].[NH-]N.[Na+].[OH-]. The average Bonchev–Trinajstić information content (AvgIpc) is 1.50. The summed E-state index contributed by atoms with van der Waals surface area (Å²) in [5.41, 5.74) is 1.99. The minimum atomic E-state index is -4.37. The van der Waals surface area contributed by atoms with E-state index < -0.39 is 58.4 Å². The number of aliphatic hydroxyl groups excluding tert-OH is 1. The standard InChI is InChI=1S/C26H28F3N3O3S.C24H24F3N3O3S.C10H6BrF3N2S.C3H4.CH4O.FH.H3N2.Na.H2O.H/c1-4-34-24(33)25(2,3)35-21-10-7-17-11-13-32(14-12-19(17)15-21)16-22-30-23(31-36-22)18-5-8-20(9-6-18)26(27,28)29;1-23(2,22(31)32)33-19-8-5-15-9-11-30(12-10-17(15)13-19)14-20-28-21(29-34-20)16-3-6-18(7-4-16)24(25,26)27;11-5-8-15-9(16-17-8)6-1-3-7(4-2-6)10(12,13)14;1-3-2;1-2;;1-2;;;/h5-10,15H,4,11-14,16H2,1-3H3;3-8,13H,9-12,14H2,1-2H3,(H,31,32);1-4H,5H2;1H,2H3;2H,1H3;1H;1H,2H2;;1H2;/q;;;;;;-1;+1;;-1/p-1/i;;;;;;;;;1+2. The molecule has 6 N–H and O–H groups in total. The molecule has 8 aromatic rings. The van der Waals surface area contributed by atoms with E-state index in [0.717, 1.165) is 116 Å². The number of alkyl halides is 10. The van der Waals surface area contributed by atoms with Gasteiger partial charge >= 0.3 is 60.0 Å². The number of benzene rings is 5. The van der Waals surface area contributed by atoms with Gasteiger partial charge in [0.05, 0.1) is 41.7 Å². The third-order valence-corrected chi connectivity index (χ3v) is 16.8. The van der Waals surface area contributed by atoms with Crippen molar-refractivity contribution in [2.24, 2.45) is 5.84 Å². The van der Waals surface area contributed by atoms with Crippen LogP contribution in [0, 0.1) is 12.3 Å². The summed E-state index contributed by atoms with van der Waals surface area (Å²) < 4.78 is 143. The summed E-state index contributed by atoms with van der Waals surface area (Å²) in [6.45, 7) is 14.6. The van der Waals surface area contributed by atoms with Gasteiger partial charge in [-0.1, -0.05) is 64.5 Å². The van der Waals surface area contributed by atoms with E-state index in [1.165, 1.54) is 102 Å². The van der Waals surface area contributed by atoms with Gasteiger partial charge in [0.2, 0.25) is 0 Å². The number of aliphatic hydroxyl groups is 1. The van der Waals surface area contributed by atoms with Crippen molar-refractivity contribution in [3.8, 4) is 58.0 Å². The Morgan fingerprint density at radius 1 is 0.588 bits per heavy atom. The number of terminal acetylenes is 1. The molecule has 2 aliphatic rings. The molecule has 10 rings (SSSR count). The van der Waals surface area contributed by atoms with E-state index in [9.17, 15) is 54.2 Å². The molecule has 0 bridgehead atoms. The third kappa shape index (κ3) is 26.2. The van der Waals surface area contributed by atoms with Crippen molar-refractivity contribution in [2.75, 3.05) is 39.9 Å². The maximum absolute atomic E-state index is 12.8. The van der Waals surface area contributed by atoms with Crippen LogP contribution in [-0.4, -0.2) is 117 Å². The molecular formula is C64H72BrF10N10NaO8S3-2. The number of carboxylic acid groups (broad SMARTS) is 1. The molecule has 0 aliphatic carbocycles. The second kappa shape index (κ2) is 39.9. The Morgan fingerprint density at radius 3 is 1.18 bits per heavy atom. The average molecular weight is 1500 g/mol. The Bertz CT molecular complexity index is 3750. The number of nitrogens with two attached hydrogens (primary N) is 1. The Balaban J connectivity index is 0.000000721. The molecule has 33 heteroatoms. The van der Waals surface area contributed by atoms with E-state index in [2.05, 4.69) is 72.0 Å². The molecule has 2 aliphatic heterocycles. The fourth-order valence-corrected chi connectivity index (χ4v) is 11.4. The van der Waals surface area contributed by atoms with Gasteiger partial charge in [0, 0.05) is 50.0 Å². The number of fused-ring (bicyclic) bond motifs is 2. The van der Waals surface area contributed by atoms with Crippen LogP contribution in [0.5, 0.6) is 11.5 Å². The first-order valence-corrected chi connectivity index (χ1v) is 32.1. The number of ether oxygens (including phenoxy) is 3. The molecule has 5 heterocycles. The predicted octanol–water partition coefficient (Wildman–Crippen LogP) is 12.0. The van der Waals surface area contributed by atoms with Crippen molar-refractivity contribution in [2.45, 2.75) is 115 Å².